The summed E-state index contributed by atoms with van der Waals surface area (Å²) in [7, 11) is 1.42. The number of anilines is 1. The van der Waals surface area contributed by atoms with E-state index in [-0.39, 0.29) is 29.4 Å². The molecule has 2 aliphatic heterocycles. The largest absolute Gasteiger partial charge is 0.508 e. The molecule has 45 heavy (non-hydrogen) atoms. The molecule has 1 saturated carbocycles. The zero-order valence-electron chi connectivity index (χ0n) is 23.8. The van der Waals surface area contributed by atoms with Gasteiger partial charge in [0.25, 0.3) is 23.6 Å². The first-order valence-electron chi connectivity index (χ1n) is 14.4. The van der Waals surface area contributed by atoms with Gasteiger partial charge in [0.2, 0.25) is 0 Å². The lowest BCUT2D eigenvalue weighted by Crippen LogP contribution is -2.53. The number of carbonyl (C=O) groups is 4. The predicted octanol–water partition coefficient (Wildman–Crippen LogP) is 4.57. The molecule has 6 atom stereocenters. The molecule has 230 valence electrons. The molecule has 3 fully saturated rings. The Morgan fingerprint density at radius 1 is 0.956 bits per heavy atom. The fourth-order valence-corrected chi connectivity index (χ4v) is 8.05. The number of carbonyl (C=O) groups excluding carboxylic acids is 4. The van der Waals surface area contributed by atoms with Crippen molar-refractivity contribution < 1.29 is 38.6 Å². The number of nitrogens with one attached hydrogen (secondary N) is 1. The highest BCUT2D eigenvalue weighted by atomic mass is 35.5. The Morgan fingerprint density at radius 3 is 2.36 bits per heavy atom. The van der Waals surface area contributed by atoms with E-state index in [0.29, 0.717) is 27.4 Å². The number of benzene rings is 3. The van der Waals surface area contributed by atoms with E-state index >= 15 is 0 Å². The summed E-state index contributed by atoms with van der Waals surface area (Å²) in [5.41, 5.74) is 3.18. The molecule has 3 N–H and O–H groups in total. The molecule has 0 spiro atoms. The van der Waals surface area contributed by atoms with E-state index in [1.165, 1.54) is 43.5 Å². The van der Waals surface area contributed by atoms with Crippen LogP contribution in [0.1, 0.15) is 29.9 Å². The number of imide groups is 2. The zero-order chi connectivity index (χ0) is 31.8. The van der Waals surface area contributed by atoms with Crippen molar-refractivity contribution in [3.05, 3.63) is 100 Å². The van der Waals surface area contributed by atoms with Crippen LogP contribution < -0.4 is 10.2 Å². The molecule has 7 rings (SSSR count). The topological polar surface area (TPSA) is 136 Å². The van der Waals surface area contributed by atoms with Crippen LogP contribution in [0.4, 0.5) is 10.1 Å². The molecule has 0 unspecified atom stereocenters. The standard InChI is InChI=1S/C33H27ClFN3O7/c1-45-26-14-20(39)10-11-22(26)28-21-12-13-23-27(31(42)38(44)29(23)40)24(21)15-25-30(41)37(36-19-8-6-18(35)7-9-19)32(43)33(25,28)16-2-4-17(34)5-3-16/h2-12,14,23-25,27-28,36,39,44H,13,15H2,1H3/t23-,24+,25-,27-,28+,33+/m0/s1. The summed E-state index contributed by atoms with van der Waals surface area (Å²) in [5, 5.41) is 22.2. The van der Waals surface area contributed by atoms with Gasteiger partial charge in [-0.25, -0.2) is 4.39 Å². The Kier molecular flexibility index (Phi) is 6.72. The van der Waals surface area contributed by atoms with Crippen molar-refractivity contribution in [1.29, 1.82) is 0 Å². The summed E-state index contributed by atoms with van der Waals surface area (Å²) in [6.45, 7) is 0. The van der Waals surface area contributed by atoms with Crippen molar-refractivity contribution in [3.63, 3.8) is 0 Å². The van der Waals surface area contributed by atoms with Crippen LogP contribution in [-0.2, 0) is 24.6 Å². The number of allylic oxidation sites excluding steroid dienone is 2. The normalized spacial score (nSPS) is 28.9. The number of hydrazine groups is 1. The van der Waals surface area contributed by atoms with Gasteiger partial charge in [-0.05, 0) is 66.8 Å². The lowest BCUT2D eigenvalue weighted by atomic mass is 9.49. The molecule has 4 amide bonds. The average molecular weight is 632 g/mol. The van der Waals surface area contributed by atoms with Gasteiger partial charge in [0.15, 0.2) is 0 Å². The van der Waals surface area contributed by atoms with Gasteiger partial charge in [-0.1, -0.05) is 41.4 Å². The Balaban J connectivity index is 1.49. The van der Waals surface area contributed by atoms with Gasteiger partial charge in [0.1, 0.15) is 17.3 Å². The molecule has 3 aromatic carbocycles. The van der Waals surface area contributed by atoms with Crippen LogP contribution in [0.2, 0.25) is 5.02 Å². The Bertz CT molecular complexity index is 1800. The van der Waals surface area contributed by atoms with E-state index in [0.717, 1.165) is 5.01 Å². The number of ether oxygens (including phenoxy) is 1. The third-order valence-electron chi connectivity index (χ3n) is 9.76. The fourth-order valence-electron chi connectivity index (χ4n) is 7.92. The first-order valence-corrected chi connectivity index (χ1v) is 14.8. The maximum atomic E-state index is 15.0. The van der Waals surface area contributed by atoms with Crippen LogP contribution in [0.5, 0.6) is 11.5 Å². The van der Waals surface area contributed by atoms with E-state index in [1.54, 1.807) is 30.3 Å². The van der Waals surface area contributed by atoms with Crippen LogP contribution >= 0.6 is 11.6 Å². The summed E-state index contributed by atoms with van der Waals surface area (Å²) in [4.78, 5) is 55.6. The number of rotatable bonds is 5. The molecule has 0 bridgehead atoms. The number of aromatic hydroxyl groups is 1. The second-order valence-corrected chi connectivity index (χ2v) is 12.2. The first-order chi connectivity index (χ1) is 21.6. The summed E-state index contributed by atoms with van der Waals surface area (Å²) in [6, 6.07) is 16.3. The van der Waals surface area contributed by atoms with Crippen LogP contribution in [0, 0.1) is 29.5 Å². The molecular formula is C33H27ClFN3O7. The number of hydrogen-bond acceptors (Lipinski definition) is 8. The van der Waals surface area contributed by atoms with Crippen molar-refractivity contribution in [2.24, 2.45) is 23.7 Å². The minimum absolute atomic E-state index is 0.0194. The van der Waals surface area contributed by atoms with Crippen molar-refractivity contribution in [2.75, 3.05) is 12.5 Å². The monoisotopic (exact) mass is 631 g/mol. The second-order valence-electron chi connectivity index (χ2n) is 11.8. The van der Waals surface area contributed by atoms with E-state index in [9.17, 15) is 33.9 Å². The summed E-state index contributed by atoms with van der Waals surface area (Å²) < 4.78 is 19.4. The Morgan fingerprint density at radius 2 is 1.67 bits per heavy atom. The summed E-state index contributed by atoms with van der Waals surface area (Å²) in [5.74, 6) is -7.39. The first kappa shape index (κ1) is 29.0. The molecule has 4 aliphatic rings. The fraction of sp³-hybridized carbons (Fsp3) is 0.273. The van der Waals surface area contributed by atoms with Gasteiger partial charge in [-0.15, -0.1) is 0 Å². The molecule has 12 heteroatoms. The summed E-state index contributed by atoms with van der Waals surface area (Å²) in [6.07, 6.45) is 1.98. The maximum absolute atomic E-state index is 15.0. The number of phenolic OH excluding ortho intramolecular Hbond substituents is 1. The highest BCUT2D eigenvalue weighted by molar-refractivity contribution is 6.30. The number of phenols is 1. The third-order valence-corrected chi connectivity index (χ3v) is 10.0. The van der Waals surface area contributed by atoms with E-state index in [2.05, 4.69) is 5.43 Å². The Labute approximate surface area is 261 Å². The van der Waals surface area contributed by atoms with Crippen molar-refractivity contribution in [3.8, 4) is 11.5 Å². The number of halogens is 2. The van der Waals surface area contributed by atoms with Crippen molar-refractivity contribution in [2.45, 2.75) is 24.2 Å². The van der Waals surface area contributed by atoms with E-state index in [1.807, 2.05) is 6.08 Å². The second kappa shape index (κ2) is 10.4. The predicted molar refractivity (Wildman–Crippen MR) is 157 cm³/mol. The van der Waals surface area contributed by atoms with Gasteiger partial charge in [0, 0.05) is 22.6 Å². The third kappa shape index (κ3) is 4.10. The number of amides is 4. The molecule has 2 aliphatic carbocycles. The quantitative estimate of drug-likeness (QED) is 0.212. The van der Waals surface area contributed by atoms with Gasteiger partial charge in [-0.2, -0.15) is 10.1 Å². The van der Waals surface area contributed by atoms with Crippen molar-refractivity contribution in [1.82, 2.24) is 10.1 Å². The van der Waals surface area contributed by atoms with Gasteiger partial charge in [0.05, 0.1) is 36.0 Å². The lowest BCUT2D eigenvalue weighted by Gasteiger charge is -2.50. The number of nitrogens with zero attached hydrogens (tertiary/aromatic N) is 2. The summed E-state index contributed by atoms with van der Waals surface area (Å²) >= 11 is 6.28. The molecule has 2 heterocycles. The number of hydroxylamine groups is 2. The molecule has 0 radical (unpaired) electrons. The van der Waals surface area contributed by atoms with Gasteiger partial charge in [-0.3, -0.25) is 29.8 Å². The maximum Gasteiger partial charge on any atom is 0.260 e. The smallest absolute Gasteiger partial charge is 0.260 e. The zero-order valence-corrected chi connectivity index (χ0v) is 24.6. The molecule has 3 aromatic rings. The van der Waals surface area contributed by atoms with E-state index in [4.69, 9.17) is 16.3 Å². The molecule has 2 saturated heterocycles. The molecule has 10 nitrogen and oxygen atoms in total. The number of hydrogen-bond donors (Lipinski definition) is 3. The highest BCUT2D eigenvalue weighted by Gasteiger charge is 2.70. The van der Waals surface area contributed by atoms with Crippen LogP contribution in [0.25, 0.3) is 0 Å². The average Bonchev–Trinajstić information content (AvgIpc) is 3.39. The van der Waals surface area contributed by atoms with Gasteiger partial charge < -0.3 is 9.84 Å². The molecular weight excluding hydrogens is 605 g/mol. The minimum Gasteiger partial charge on any atom is -0.508 e. The van der Waals surface area contributed by atoms with Crippen LogP contribution in [-0.4, -0.2) is 51.1 Å². The van der Waals surface area contributed by atoms with Crippen molar-refractivity contribution >= 4 is 40.9 Å². The molecule has 0 aromatic heterocycles. The Hall–Kier alpha value is -4.74. The minimum atomic E-state index is -1.60. The number of methoxy groups -OCH3 is 1. The highest BCUT2D eigenvalue weighted by Crippen LogP contribution is 2.65. The van der Waals surface area contributed by atoms with Crippen LogP contribution in [0.3, 0.4) is 0 Å². The van der Waals surface area contributed by atoms with Crippen LogP contribution in [0.15, 0.2) is 78.4 Å². The van der Waals surface area contributed by atoms with E-state index < -0.39 is 64.5 Å². The van der Waals surface area contributed by atoms with Gasteiger partial charge >= 0.3 is 0 Å². The SMILES string of the molecule is COc1cc(O)ccc1[C@H]1C2=CC[C@@H]3C(=O)N(O)C(=O)[C@@H]3[C@@H]2C[C@H]2C(=O)N(Nc3ccc(F)cc3)C(=O)[C@@]12c1ccc(Cl)cc1. The number of fused-ring (bicyclic) bond motifs is 4. The lowest BCUT2D eigenvalue weighted by molar-refractivity contribution is -0.173.